The van der Waals surface area contributed by atoms with Crippen LogP contribution in [0, 0.1) is 0 Å². The normalized spacial score (nSPS) is 13.3. The average molecular weight is 692 g/mol. The van der Waals surface area contributed by atoms with Crippen LogP contribution >= 0.6 is 0 Å². The maximum atomic E-state index is 12.5. The van der Waals surface area contributed by atoms with E-state index in [1.807, 2.05) is 0 Å². The van der Waals surface area contributed by atoms with Crippen LogP contribution < -0.4 is 5.32 Å². The lowest BCUT2D eigenvalue weighted by molar-refractivity contribution is -0.144. The fraction of sp³-hybridized carbons (Fsp3) is 0.484. The van der Waals surface area contributed by atoms with Crippen LogP contribution in [0.2, 0.25) is 0 Å². The molecule has 0 unspecified atom stereocenters. The van der Waals surface area contributed by atoms with Crippen LogP contribution in [-0.4, -0.2) is 158 Å². The number of carbonyl (C=O) groups excluding carboxylic acids is 3. The molecule has 0 saturated carbocycles. The monoisotopic (exact) mass is 691 g/mol. The molecule has 1 aromatic rings. The van der Waals surface area contributed by atoms with Gasteiger partial charge in [0.05, 0.1) is 32.7 Å². The molecule has 3 amide bonds. The highest BCUT2D eigenvalue weighted by molar-refractivity contribution is 6.12. The van der Waals surface area contributed by atoms with Gasteiger partial charge in [0.15, 0.2) is 0 Å². The molecule has 0 aromatic heterocycles. The molecule has 1 aromatic carbocycles. The van der Waals surface area contributed by atoms with Crippen molar-refractivity contribution in [1.82, 2.24) is 19.6 Å². The van der Waals surface area contributed by atoms with Gasteiger partial charge >= 0.3 is 29.8 Å². The topological polar surface area (TPSA) is 263 Å². The summed E-state index contributed by atoms with van der Waals surface area (Å²) >= 11 is 0. The van der Waals surface area contributed by atoms with E-state index < -0.39 is 68.6 Å². The molecule has 0 spiro atoms. The Labute approximate surface area is 281 Å². The number of anilines is 1. The summed E-state index contributed by atoms with van der Waals surface area (Å²) in [7, 11) is 0. The van der Waals surface area contributed by atoms with Gasteiger partial charge in [0, 0.05) is 56.5 Å². The molecule has 0 saturated heterocycles. The number of hydrogen-bond acceptors (Lipinski definition) is 11. The number of hydrogen-bond donors (Lipinski definition) is 6. The van der Waals surface area contributed by atoms with Crippen molar-refractivity contribution in [2.75, 3.05) is 64.2 Å². The lowest BCUT2D eigenvalue weighted by Crippen LogP contribution is -2.51. The molecular weight excluding hydrogens is 650 g/mol. The molecule has 18 heteroatoms. The van der Waals surface area contributed by atoms with Crippen LogP contribution in [0.25, 0.3) is 0 Å². The highest BCUT2D eigenvalue weighted by atomic mass is 16.4. The first-order chi connectivity index (χ1) is 23.1. The van der Waals surface area contributed by atoms with Crippen LogP contribution in [-0.2, 0) is 44.8 Å². The lowest BCUT2D eigenvalue weighted by Gasteiger charge is -2.34. The molecule has 0 radical (unpaired) electrons. The van der Waals surface area contributed by atoms with Gasteiger partial charge in [-0.05, 0) is 37.0 Å². The van der Waals surface area contributed by atoms with Gasteiger partial charge in [-0.25, -0.2) is 0 Å². The van der Waals surface area contributed by atoms with E-state index >= 15 is 0 Å². The molecule has 1 heterocycles. The zero-order chi connectivity index (χ0) is 36.5. The minimum atomic E-state index is -1.32. The van der Waals surface area contributed by atoms with Crippen molar-refractivity contribution < 1.29 is 63.9 Å². The Bertz CT molecular complexity index is 1350. The van der Waals surface area contributed by atoms with E-state index in [4.69, 9.17) is 10.2 Å². The summed E-state index contributed by atoms with van der Waals surface area (Å²) in [5, 5.41) is 49.5. The summed E-state index contributed by atoms with van der Waals surface area (Å²) in [5.74, 6) is -7.47. The summed E-state index contributed by atoms with van der Waals surface area (Å²) in [6.07, 6.45) is 4.37. The minimum absolute atomic E-state index is 0.0659. The highest BCUT2D eigenvalue weighted by Crippen LogP contribution is 2.16. The summed E-state index contributed by atoms with van der Waals surface area (Å²) in [6.45, 7) is -3.34. The number of aliphatic carboxylic acids is 5. The maximum Gasteiger partial charge on any atom is 0.317 e. The largest absolute Gasteiger partial charge is 0.480 e. The van der Waals surface area contributed by atoms with Gasteiger partial charge in [0.1, 0.15) is 0 Å². The molecular formula is C31H41N5O13. The van der Waals surface area contributed by atoms with E-state index in [1.165, 1.54) is 17.1 Å². The Hall–Kier alpha value is -5.20. The first-order valence-electron chi connectivity index (χ1n) is 15.3. The molecule has 1 atom stereocenters. The molecule has 2 rings (SSSR count). The third kappa shape index (κ3) is 16.0. The SMILES string of the molecule is O=C(O)CN(CCN(CC(=O)O)C[C@@H](Cc1ccc(NC(=O)CCCCCN2C(=O)C=CC2=O)cc1)N(CC(=O)O)CC(=O)O)CC(=O)O. The van der Waals surface area contributed by atoms with Gasteiger partial charge in [-0.2, -0.15) is 0 Å². The van der Waals surface area contributed by atoms with Crippen LogP contribution in [0.15, 0.2) is 36.4 Å². The number of carboxylic acid groups (broad SMARTS) is 5. The Morgan fingerprint density at radius 2 is 1.14 bits per heavy atom. The van der Waals surface area contributed by atoms with E-state index in [0.717, 1.165) is 14.7 Å². The fourth-order valence-electron chi connectivity index (χ4n) is 5.18. The van der Waals surface area contributed by atoms with Crippen LogP contribution in [0.1, 0.15) is 31.2 Å². The quantitative estimate of drug-likeness (QED) is 0.0550. The second kappa shape index (κ2) is 20.2. The molecule has 18 nitrogen and oxygen atoms in total. The van der Waals surface area contributed by atoms with E-state index in [1.54, 1.807) is 24.3 Å². The standard InChI is InChI=1S/C31H41N5O13/c37-24(4-2-1-3-11-36-25(38)9-10-26(36)39)32-22-7-5-21(6-8-22)14-23(35(19-30(46)47)20-31(48)49)15-33(16-27(40)41)12-13-34(17-28(42)43)18-29(44)45/h5-10,23H,1-4,11-20H2,(H,32,37)(H,40,41)(H,42,43)(H,44,45)(H,46,47)(H,48,49)/t23-/m1/s1. The molecule has 0 bridgehead atoms. The molecule has 49 heavy (non-hydrogen) atoms. The van der Waals surface area contributed by atoms with Crippen molar-refractivity contribution >= 4 is 53.3 Å². The number of unbranched alkanes of at least 4 members (excludes halogenated alkanes) is 2. The average Bonchev–Trinajstić information content (AvgIpc) is 3.30. The molecule has 0 fully saturated rings. The van der Waals surface area contributed by atoms with Gasteiger partial charge in [0.2, 0.25) is 5.91 Å². The number of rotatable bonds is 25. The Morgan fingerprint density at radius 1 is 0.653 bits per heavy atom. The van der Waals surface area contributed by atoms with E-state index in [0.29, 0.717) is 30.5 Å². The van der Waals surface area contributed by atoms with Gasteiger partial charge in [-0.15, -0.1) is 0 Å². The number of imide groups is 1. The van der Waals surface area contributed by atoms with E-state index in [9.17, 15) is 53.7 Å². The zero-order valence-corrected chi connectivity index (χ0v) is 26.7. The van der Waals surface area contributed by atoms with Crippen LogP contribution in [0.5, 0.6) is 0 Å². The number of nitrogens with one attached hydrogen (secondary N) is 1. The predicted octanol–water partition coefficient (Wildman–Crippen LogP) is -0.649. The maximum absolute atomic E-state index is 12.5. The van der Waals surface area contributed by atoms with Gasteiger partial charge in [-0.3, -0.25) is 58.0 Å². The van der Waals surface area contributed by atoms with Crippen LogP contribution in [0.4, 0.5) is 5.69 Å². The third-order valence-corrected chi connectivity index (χ3v) is 7.37. The Morgan fingerprint density at radius 3 is 1.65 bits per heavy atom. The zero-order valence-electron chi connectivity index (χ0n) is 26.7. The number of carbonyl (C=O) groups is 8. The van der Waals surface area contributed by atoms with E-state index in [-0.39, 0.29) is 56.7 Å². The Balaban J connectivity index is 2.09. The highest BCUT2D eigenvalue weighted by Gasteiger charge is 2.27. The summed E-state index contributed by atoms with van der Waals surface area (Å²) in [5.41, 5.74) is 1.07. The molecule has 0 aliphatic carbocycles. The predicted molar refractivity (Wildman–Crippen MR) is 170 cm³/mol. The van der Waals surface area contributed by atoms with Crippen molar-refractivity contribution in [2.45, 2.75) is 38.1 Å². The van der Waals surface area contributed by atoms with Crippen molar-refractivity contribution in [1.29, 1.82) is 0 Å². The molecule has 268 valence electrons. The van der Waals surface area contributed by atoms with Gasteiger partial charge in [-0.1, -0.05) is 18.6 Å². The summed E-state index contributed by atoms with van der Waals surface area (Å²) in [6, 6.07) is 5.63. The fourth-order valence-corrected chi connectivity index (χ4v) is 5.18. The summed E-state index contributed by atoms with van der Waals surface area (Å²) in [4.78, 5) is 97.7. The number of benzene rings is 1. The van der Waals surface area contributed by atoms with Crippen LogP contribution in [0.3, 0.4) is 0 Å². The first kappa shape index (κ1) is 40.0. The van der Waals surface area contributed by atoms with Gasteiger partial charge < -0.3 is 30.8 Å². The number of amides is 3. The number of nitrogens with zero attached hydrogens (tertiary/aromatic N) is 4. The minimum Gasteiger partial charge on any atom is -0.480 e. The third-order valence-electron chi connectivity index (χ3n) is 7.37. The van der Waals surface area contributed by atoms with Crippen molar-refractivity contribution in [2.24, 2.45) is 0 Å². The second-order valence-electron chi connectivity index (χ2n) is 11.4. The van der Waals surface area contributed by atoms with Crippen molar-refractivity contribution in [3.63, 3.8) is 0 Å². The summed E-state index contributed by atoms with van der Waals surface area (Å²) < 4.78 is 0. The molecule has 6 N–H and O–H groups in total. The van der Waals surface area contributed by atoms with Gasteiger partial charge in [0.25, 0.3) is 11.8 Å². The lowest BCUT2D eigenvalue weighted by atomic mass is 10.0. The second-order valence-corrected chi connectivity index (χ2v) is 11.4. The van der Waals surface area contributed by atoms with Crippen molar-refractivity contribution in [3.8, 4) is 0 Å². The van der Waals surface area contributed by atoms with Crippen molar-refractivity contribution in [3.05, 3.63) is 42.0 Å². The van der Waals surface area contributed by atoms with E-state index in [2.05, 4.69) is 5.32 Å². The first-order valence-corrected chi connectivity index (χ1v) is 15.3. The Kier molecular flexibility index (Phi) is 16.5. The smallest absolute Gasteiger partial charge is 0.317 e. The number of carboxylic acids is 5. The molecule has 1 aliphatic rings. The molecule has 1 aliphatic heterocycles.